The van der Waals surface area contributed by atoms with Gasteiger partial charge in [-0.2, -0.15) is 0 Å². The monoisotopic (exact) mass is 240 g/mol. The van der Waals surface area contributed by atoms with E-state index in [2.05, 4.69) is 0 Å². The number of alkyl halides is 1. The van der Waals surface area contributed by atoms with Gasteiger partial charge >= 0.3 is 5.97 Å². The van der Waals surface area contributed by atoms with Crippen molar-refractivity contribution in [2.75, 3.05) is 0 Å². The molecular formula is C12H13ClO3. The number of ketones is 1. The molecule has 0 aromatic heterocycles. The number of Topliss-reactive ketones (excluding diaryl/α,β-unsaturated/α-hetero) is 1. The molecule has 1 aromatic rings. The van der Waals surface area contributed by atoms with Gasteiger partial charge in [0.2, 0.25) is 0 Å². The van der Waals surface area contributed by atoms with E-state index in [1.165, 1.54) is 6.92 Å². The van der Waals surface area contributed by atoms with Crippen LogP contribution < -0.4 is 4.74 Å². The van der Waals surface area contributed by atoms with Crippen molar-refractivity contribution in [3.8, 4) is 5.75 Å². The standard InChI is InChI=1S/C12H13ClO3/c1-3-10(13)12(15)9-6-4-5-7-11(9)16-8(2)14/h4-7,10H,3H2,1-2H3. The lowest BCUT2D eigenvalue weighted by Crippen LogP contribution is -2.15. The second-order valence-corrected chi connectivity index (χ2v) is 3.86. The minimum Gasteiger partial charge on any atom is -0.426 e. The smallest absolute Gasteiger partial charge is 0.308 e. The lowest BCUT2D eigenvalue weighted by Gasteiger charge is -2.10. The summed E-state index contributed by atoms with van der Waals surface area (Å²) in [5.74, 6) is -0.414. The third-order valence-corrected chi connectivity index (χ3v) is 2.56. The van der Waals surface area contributed by atoms with Gasteiger partial charge in [-0.15, -0.1) is 11.6 Å². The third kappa shape index (κ3) is 3.07. The summed E-state index contributed by atoms with van der Waals surface area (Å²) >= 11 is 5.87. The van der Waals surface area contributed by atoms with Crippen LogP contribution in [0.25, 0.3) is 0 Å². The van der Waals surface area contributed by atoms with E-state index in [-0.39, 0.29) is 11.5 Å². The van der Waals surface area contributed by atoms with E-state index in [4.69, 9.17) is 16.3 Å². The molecule has 0 aliphatic carbocycles. The average molecular weight is 241 g/mol. The molecule has 4 heteroatoms. The Labute approximate surface area is 99.4 Å². The first-order valence-corrected chi connectivity index (χ1v) is 5.45. The second kappa shape index (κ2) is 5.66. The summed E-state index contributed by atoms with van der Waals surface area (Å²) in [4.78, 5) is 22.7. The summed E-state index contributed by atoms with van der Waals surface area (Å²) in [7, 11) is 0. The minimum absolute atomic E-state index is 0.221. The molecule has 0 amide bonds. The topological polar surface area (TPSA) is 43.4 Å². The van der Waals surface area contributed by atoms with Crippen LogP contribution in [0.1, 0.15) is 30.6 Å². The molecule has 0 radical (unpaired) electrons. The molecule has 86 valence electrons. The van der Waals surface area contributed by atoms with Crippen molar-refractivity contribution in [3.05, 3.63) is 29.8 Å². The van der Waals surface area contributed by atoms with Gasteiger partial charge in [-0.1, -0.05) is 19.1 Å². The van der Waals surface area contributed by atoms with E-state index in [0.29, 0.717) is 12.0 Å². The summed E-state index contributed by atoms with van der Waals surface area (Å²) in [5, 5.41) is -0.586. The fourth-order valence-electron chi connectivity index (χ4n) is 1.27. The Bertz CT molecular complexity index is 401. The van der Waals surface area contributed by atoms with Crippen LogP contribution in [0.3, 0.4) is 0 Å². The van der Waals surface area contributed by atoms with Crippen molar-refractivity contribution in [2.24, 2.45) is 0 Å². The summed E-state index contributed by atoms with van der Waals surface area (Å²) in [6.07, 6.45) is 0.537. The maximum Gasteiger partial charge on any atom is 0.308 e. The van der Waals surface area contributed by atoms with Crippen LogP contribution in [-0.2, 0) is 4.79 Å². The van der Waals surface area contributed by atoms with Crippen molar-refractivity contribution in [1.29, 1.82) is 0 Å². The molecule has 1 atom stereocenters. The lowest BCUT2D eigenvalue weighted by molar-refractivity contribution is -0.131. The first-order chi connectivity index (χ1) is 7.56. The first-order valence-electron chi connectivity index (χ1n) is 5.02. The molecule has 1 unspecified atom stereocenters. The predicted octanol–water partition coefficient (Wildman–Crippen LogP) is 2.81. The van der Waals surface area contributed by atoms with Gasteiger partial charge in [-0.3, -0.25) is 9.59 Å². The third-order valence-electron chi connectivity index (χ3n) is 2.05. The van der Waals surface area contributed by atoms with Gasteiger partial charge in [0.25, 0.3) is 0 Å². The number of hydrogen-bond acceptors (Lipinski definition) is 3. The number of rotatable bonds is 4. The molecule has 3 nitrogen and oxygen atoms in total. The molecule has 0 fully saturated rings. The van der Waals surface area contributed by atoms with Gasteiger partial charge in [0.1, 0.15) is 5.75 Å². The van der Waals surface area contributed by atoms with E-state index in [0.717, 1.165) is 0 Å². The van der Waals surface area contributed by atoms with Crippen LogP contribution in [0.4, 0.5) is 0 Å². The molecule has 0 spiro atoms. The van der Waals surface area contributed by atoms with Crippen LogP contribution in [0.5, 0.6) is 5.75 Å². The van der Waals surface area contributed by atoms with E-state index in [1.807, 2.05) is 6.92 Å². The van der Waals surface area contributed by atoms with Crippen LogP contribution in [0.15, 0.2) is 24.3 Å². The van der Waals surface area contributed by atoms with Gasteiger partial charge in [0.05, 0.1) is 10.9 Å². The quantitative estimate of drug-likeness (QED) is 0.352. The zero-order valence-electron chi connectivity index (χ0n) is 9.20. The SMILES string of the molecule is CCC(Cl)C(=O)c1ccccc1OC(C)=O. The summed E-state index contributed by atoms with van der Waals surface area (Å²) in [6.45, 7) is 3.11. The highest BCUT2D eigenvalue weighted by Gasteiger charge is 2.19. The van der Waals surface area contributed by atoms with Gasteiger partial charge in [0, 0.05) is 6.92 Å². The van der Waals surface area contributed by atoms with E-state index in [9.17, 15) is 9.59 Å². The number of benzene rings is 1. The Hall–Kier alpha value is -1.35. The summed E-state index contributed by atoms with van der Waals surface area (Å²) < 4.78 is 4.94. The average Bonchev–Trinajstić information content (AvgIpc) is 2.27. The van der Waals surface area contributed by atoms with Crippen LogP contribution in [0, 0.1) is 0 Å². The van der Waals surface area contributed by atoms with Crippen molar-refractivity contribution < 1.29 is 14.3 Å². The molecule has 0 aliphatic heterocycles. The largest absolute Gasteiger partial charge is 0.426 e. The Morgan fingerprint density at radius 3 is 2.56 bits per heavy atom. The Morgan fingerprint density at radius 2 is 2.00 bits per heavy atom. The molecule has 0 N–H and O–H groups in total. The zero-order chi connectivity index (χ0) is 12.1. The Balaban J connectivity index is 3.03. The first kappa shape index (κ1) is 12.7. The number of hydrogen-bond donors (Lipinski definition) is 0. The van der Waals surface area contributed by atoms with Crippen molar-refractivity contribution in [2.45, 2.75) is 25.6 Å². The fourth-order valence-corrected chi connectivity index (χ4v) is 1.39. The maximum atomic E-state index is 11.9. The van der Waals surface area contributed by atoms with E-state index in [1.54, 1.807) is 24.3 Å². The Morgan fingerprint density at radius 1 is 1.38 bits per heavy atom. The highest BCUT2D eigenvalue weighted by Crippen LogP contribution is 2.22. The van der Waals surface area contributed by atoms with Gasteiger partial charge < -0.3 is 4.74 Å². The van der Waals surface area contributed by atoms with Gasteiger partial charge in [-0.25, -0.2) is 0 Å². The zero-order valence-corrected chi connectivity index (χ0v) is 9.95. The molecular weight excluding hydrogens is 228 g/mol. The lowest BCUT2D eigenvalue weighted by atomic mass is 10.1. The molecule has 0 heterocycles. The highest BCUT2D eigenvalue weighted by molar-refractivity contribution is 6.34. The summed E-state index contributed by atoms with van der Waals surface area (Å²) in [6, 6.07) is 6.59. The molecule has 16 heavy (non-hydrogen) atoms. The van der Waals surface area contributed by atoms with Gasteiger partial charge in [-0.05, 0) is 18.6 Å². The van der Waals surface area contributed by atoms with Crippen LogP contribution in [0.2, 0.25) is 0 Å². The van der Waals surface area contributed by atoms with E-state index >= 15 is 0 Å². The number of esters is 1. The minimum atomic E-state index is -0.586. The number of carbonyl (C=O) groups excluding carboxylic acids is 2. The number of halogens is 1. The predicted molar refractivity (Wildman–Crippen MR) is 62.0 cm³/mol. The number of carbonyl (C=O) groups is 2. The molecule has 0 saturated heterocycles. The van der Waals surface area contributed by atoms with E-state index < -0.39 is 11.3 Å². The molecule has 1 aromatic carbocycles. The van der Waals surface area contributed by atoms with Crippen molar-refractivity contribution in [3.63, 3.8) is 0 Å². The second-order valence-electron chi connectivity index (χ2n) is 3.33. The van der Waals surface area contributed by atoms with Crippen molar-refractivity contribution in [1.82, 2.24) is 0 Å². The van der Waals surface area contributed by atoms with Crippen molar-refractivity contribution >= 4 is 23.4 Å². The van der Waals surface area contributed by atoms with Crippen LogP contribution in [-0.4, -0.2) is 17.1 Å². The highest BCUT2D eigenvalue weighted by atomic mass is 35.5. The normalized spacial score (nSPS) is 11.9. The maximum absolute atomic E-state index is 11.9. The Kier molecular flexibility index (Phi) is 4.50. The molecule has 0 aliphatic rings. The molecule has 1 rings (SSSR count). The summed E-state index contributed by atoms with van der Waals surface area (Å²) in [5.41, 5.74) is 0.347. The van der Waals surface area contributed by atoms with Crippen LogP contribution >= 0.6 is 11.6 Å². The molecule has 0 bridgehead atoms. The number of para-hydroxylation sites is 1. The number of ether oxygens (including phenoxy) is 1. The van der Waals surface area contributed by atoms with Gasteiger partial charge in [0.15, 0.2) is 5.78 Å². The molecule has 0 saturated carbocycles. The fraction of sp³-hybridized carbons (Fsp3) is 0.333.